The maximum atomic E-state index is 13.3. The number of anilines is 1. The third-order valence-electron chi connectivity index (χ3n) is 4.75. The van der Waals surface area contributed by atoms with Crippen molar-refractivity contribution < 1.29 is 14.5 Å². The van der Waals surface area contributed by atoms with E-state index in [1.807, 2.05) is 26.0 Å². The number of imide groups is 1. The maximum Gasteiger partial charge on any atom is 0.272 e. The molecule has 2 aromatic carbocycles. The van der Waals surface area contributed by atoms with Crippen molar-refractivity contribution in [2.24, 2.45) is 0 Å². The van der Waals surface area contributed by atoms with Gasteiger partial charge in [0.1, 0.15) is 0 Å². The van der Waals surface area contributed by atoms with E-state index >= 15 is 0 Å². The summed E-state index contributed by atoms with van der Waals surface area (Å²) in [5, 5.41) is 11.0. The number of benzene rings is 2. The first-order valence-electron chi connectivity index (χ1n) is 9.66. The second-order valence-electron chi connectivity index (χ2n) is 8.42. The quantitative estimate of drug-likeness (QED) is 0.369. The van der Waals surface area contributed by atoms with Crippen molar-refractivity contribution in [2.75, 3.05) is 4.90 Å². The van der Waals surface area contributed by atoms with Crippen molar-refractivity contribution in [3.63, 3.8) is 0 Å². The van der Waals surface area contributed by atoms with E-state index in [4.69, 9.17) is 0 Å². The van der Waals surface area contributed by atoms with Gasteiger partial charge in [0.2, 0.25) is 0 Å². The van der Waals surface area contributed by atoms with Crippen LogP contribution in [-0.2, 0) is 15.0 Å². The topological polar surface area (TPSA) is 80.5 Å². The van der Waals surface area contributed by atoms with Crippen molar-refractivity contribution in [1.29, 1.82) is 0 Å². The Labute approximate surface area is 180 Å². The van der Waals surface area contributed by atoms with Crippen molar-refractivity contribution >= 4 is 40.5 Å². The fourth-order valence-electron chi connectivity index (χ4n) is 3.20. The average molecular weight is 425 g/mol. The van der Waals surface area contributed by atoms with Gasteiger partial charge >= 0.3 is 0 Å². The first-order chi connectivity index (χ1) is 14.0. The highest BCUT2D eigenvalue weighted by molar-refractivity contribution is 8.04. The number of thioether (sulfide) groups is 1. The predicted molar refractivity (Wildman–Crippen MR) is 120 cm³/mol. The van der Waals surface area contributed by atoms with E-state index < -0.39 is 10.8 Å². The van der Waals surface area contributed by atoms with Gasteiger partial charge in [-0.3, -0.25) is 19.7 Å². The molecule has 6 nitrogen and oxygen atoms in total. The smallest absolute Gasteiger partial charge is 0.268 e. The van der Waals surface area contributed by atoms with Crippen LogP contribution in [0.25, 0.3) is 5.57 Å². The normalized spacial score (nSPS) is 14.8. The van der Waals surface area contributed by atoms with E-state index in [0.717, 1.165) is 5.56 Å². The number of hydrogen-bond acceptors (Lipinski definition) is 5. The van der Waals surface area contributed by atoms with E-state index in [1.165, 1.54) is 40.9 Å². The van der Waals surface area contributed by atoms with Gasteiger partial charge in [-0.2, -0.15) is 0 Å². The molecule has 0 saturated heterocycles. The lowest BCUT2D eigenvalue weighted by molar-refractivity contribution is -0.384. The number of hydrogen-bond donors (Lipinski definition) is 0. The van der Waals surface area contributed by atoms with E-state index in [1.54, 1.807) is 12.1 Å². The molecular formula is C23H24N2O4S. The van der Waals surface area contributed by atoms with Gasteiger partial charge in [-0.15, -0.1) is 11.8 Å². The number of carbonyl (C=O) groups excluding carboxylic acids is 2. The van der Waals surface area contributed by atoms with Crippen LogP contribution >= 0.6 is 11.8 Å². The zero-order valence-electron chi connectivity index (χ0n) is 17.6. The van der Waals surface area contributed by atoms with Crippen LogP contribution in [0.1, 0.15) is 45.7 Å². The van der Waals surface area contributed by atoms with Crippen molar-refractivity contribution in [3.05, 3.63) is 74.7 Å². The maximum absolute atomic E-state index is 13.3. The van der Waals surface area contributed by atoms with Gasteiger partial charge in [0.25, 0.3) is 17.5 Å². The summed E-state index contributed by atoms with van der Waals surface area (Å²) in [5.41, 5.74) is 2.29. The fraction of sp³-hybridized carbons (Fsp3) is 0.304. The lowest BCUT2D eigenvalue weighted by Gasteiger charge is -2.21. The zero-order chi connectivity index (χ0) is 22.2. The summed E-state index contributed by atoms with van der Waals surface area (Å²) in [5.74, 6) is -0.781. The molecule has 0 bridgehead atoms. The molecule has 0 unspecified atom stereocenters. The van der Waals surface area contributed by atoms with Gasteiger partial charge in [-0.05, 0) is 40.8 Å². The first-order valence-corrected chi connectivity index (χ1v) is 10.5. The highest BCUT2D eigenvalue weighted by Crippen LogP contribution is 2.40. The number of rotatable bonds is 5. The molecule has 1 aliphatic heterocycles. The third kappa shape index (κ3) is 4.16. The summed E-state index contributed by atoms with van der Waals surface area (Å²) >= 11 is 1.33. The second-order valence-corrected chi connectivity index (χ2v) is 10.0. The third-order valence-corrected chi connectivity index (χ3v) is 5.84. The summed E-state index contributed by atoms with van der Waals surface area (Å²) in [6.07, 6.45) is 0. The van der Waals surface area contributed by atoms with Crippen LogP contribution in [0.2, 0.25) is 0 Å². The van der Waals surface area contributed by atoms with Crippen LogP contribution in [0.4, 0.5) is 11.4 Å². The summed E-state index contributed by atoms with van der Waals surface area (Å²) in [6, 6.07) is 13.2. The minimum absolute atomic E-state index is 0.0433. The molecule has 0 N–H and O–H groups in total. The molecule has 1 aliphatic rings. The molecule has 0 atom stereocenters. The Bertz CT molecular complexity index is 1030. The van der Waals surface area contributed by atoms with Crippen molar-refractivity contribution in [1.82, 2.24) is 0 Å². The average Bonchev–Trinajstić information content (AvgIpc) is 2.90. The molecule has 7 heteroatoms. The summed E-state index contributed by atoms with van der Waals surface area (Å²) in [4.78, 5) is 38.5. The van der Waals surface area contributed by atoms with E-state index in [-0.39, 0.29) is 27.8 Å². The Morgan fingerprint density at radius 3 is 1.97 bits per heavy atom. The molecular weight excluding hydrogens is 400 g/mol. The van der Waals surface area contributed by atoms with Crippen molar-refractivity contribution in [3.8, 4) is 0 Å². The molecule has 0 radical (unpaired) electrons. The highest BCUT2D eigenvalue weighted by Gasteiger charge is 2.40. The van der Waals surface area contributed by atoms with Gasteiger partial charge in [0, 0.05) is 17.4 Å². The monoisotopic (exact) mass is 424 g/mol. The van der Waals surface area contributed by atoms with Crippen LogP contribution in [0.15, 0.2) is 53.4 Å². The summed E-state index contributed by atoms with van der Waals surface area (Å²) < 4.78 is 0. The Morgan fingerprint density at radius 2 is 1.50 bits per heavy atom. The molecule has 30 heavy (non-hydrogen) atoms. The number of amides is 2. The minimum atomic E-state index is -0.493. The number of non-ortho nitro benzene ring substituents is 1. The second kappa shape index (κ2) is 8.07. The molecule has 0 fully saturated rings. The minimum Gasteiger partial charge on any atom is -0.268 e. The first kappa shape index (κ1) is 21.8. The van der Waals surface area contributed by atoms with E-state index in [9.17, 15) is 19.7 Å². The Morgan fingerprint density at radius 1 is 0.933 bits per heavy atom. The fourth-order valence-corrected chi connectivity index (χ4v) is 4.19. The molecule has 156 valence electrons. The molecule has 1 heterocycles. The molecule has 2 amide bonds. The van der Waals surface area contributed by atoms with Crippen LogP contribution in [0.3, 0.4) is 0 Å². The highest BCUT2D eigenvalue weighted by atomic mass is 32.2. The Hall–Kier alpha value is -2.93. The lowest BCUT2D eigenvalue weighted by atomic mass is 9.87. The van der Waals surface area contributed by atoms with E-state index in [2.05, 4.69) is 20.8 Å². The zero-order valence-corrected chi connectivity index (χ0v) is 18.4. The number of nitro groups is 1. The van der Waals surface area contributed by atoms with Gasteiger partial charge in [0.05, 0.1) is 21.1 Å². The van der Waals surface area contributed by atoms with Gasteiger partial charge in [-0.1, -0.05) is 46.8 Å². The molecule has 0 saturated carbocycles. The summed E-state index contributed by atoms with van der Waals surface area (Å²) in [7, 11) is 0. The largest absolute Gasteiger partial charge is 0.272 e. The van der Waals surface area contributed by atoms with Gasteiger partial charge in [0.15, 0.2) is 0 Å². The van der Waals surface area contributed by atoms with Crippen LogP contribution in [-0.4, -0.2) is 22.0 Å². The van der Waals surface area contributed by atoms with Crippen LogP contribution in [0, 0.1) is 10.1 Å². The number of nitrogens with zero attached hydrogens (tertiary/aromatic N) is 2. The Kier molecular flexibility index (Phi) is 5.85. The standard InChI is InChI=1S/C23H24N2O4S/c1-14(2)30-20-19(15-6-10-18(11-7-15)25(28)29)21(26)24(22(20)27)17-12-8-16(9-13-17)23(3,4)5/h6-14H,1-5H3. The molecule has 3 rings (SSSR count). The lowest BCUT2D eigenvalue weighted by Crippen LogP contribution is -2.31. The van der Waals surface area contributed by atoms with Crippen LogP contribution < -0.4 is 4.90 Å². The number of carbonyl (C=O) groups is 2. The molecule has 2 aromatic rings. The molecule has 0 aromatic heterocycles. The van der Waals surface area contributed by atoms with Crippen LogP contribution in [0.5, 0.6) is 0 Å². The van der Waals surface area contributed by atoms with Gasteiger partial charge in [-0.25, -0.2) is 4.90 Å². The summed E-state index contributed by atoms with van der Waals surface area (Å²) in [6.45, 7) is 10.2. The van der Waals surface area contributed by atoms with E-state index in [0.29, 0.717) is 16.2 Å². The van der Waals surface area contributed by atoms with Crippen molar-refractivity contribution in [2.45, 2.75) is 45.3 Å². The Balaban J connectivity index is 2.04. The predicted octanol–water partition coefficient (Wildman–Crippen LogP) is 5.32. The SMILES string of the molecule is CC(C)SC1=C(c2ccc([N+](=O)[O-])cc2)C(=O)N(c2ccc(C(C)(C)C)cc2)C1=O. The molecule has 0 spiro atoms. The molecule has 0 aliphatic carbocycles. The van der Waals surface area contributed by atoms with Gasteiger partial charge < -0.3 is 0 Å². The number of nitro benzene ring substituents is 1.